The SMILES string of the molecule is O=C(O)CN1CCN(CC(=O)O)CCN(CC(=O)On2c(O)ccc2O)CC1. The first-order chi connectivity index (χ1) is 13.2. The van der Waals surface area contributed by atoms with Crippen molar-refractivity contribution in [3.05, 3.63) is 12.1 Å². The first-order valence-electron chi connectivity index (χ1n) is 8.66. The van der Waals surface area contributed by atoms with Gasteiger partial charge >= 0.3 is 17.9 Å². The zero-order valence-corrected chi connectivity index (χ0v) is 15.2. The van der Waals surface area contributed by atoms with E-state index in [9.17, 15) is 24.6 Å². The molecule has 0 bridgehead atoms. The minimum absolute atomic E-state index is 0.182. The van der Waals surface area contributed by atoms with E-state index in [0.29, 0.717) is 44.0 Å². The quantitative estimate of drug-likeness (QED) is 0.399. The number of aromatic nitrogens is 1. The lowest BCUT2D eigenvalue weighted by Crippen LogP contribution is -2.42. The molecule has 0 aliphatic carbocycles. The smallest absolute Gasteiger partial charge is 0.347 e. The van der Waals surface area contributed by atoms with Crippen LogP contribution in [0.4, 0.5) is 0 Å². The minimum atomic E-state index is -0.992. The molecule has 4 N–H and O–H groups in total. The molecule has 12 heteroatoms. The zero-order valence-electron chi connectivity index (χ0n) is 15.2. The molecule has 2 rings (SSSR count). The van der Waals surface area contributed by atoms with Gasteiger partial charge in [0.05, 0.1) is 19.6 Å². The lowest BCUT2D eigenvalue weighted by molar-refractivity contribution is -0.147. The Morgan fingerprint density at radius 1 is 0.750 bits per heavy atom. The fourth-order valence-corrected chi connectivity index (χ4v) is 2.85. The van der Waals surface area contributed by atoms with Crippen LogP contribution in [-0.2, 0) is 14.4 Å². The second-order valence-corrected chi connectivity index (χ2v) is 6.42. The van der Waals surface area contributed by atoms with Gasteiger partial charge in [0.2, 0.25) is 11.8 Å². The maximum Gasteiger partial charge on any atom is 0.347 e. The molecule has 1 aromatic heterocycles. The summed E-state index contributed by atoms with van der Waals surface area (Å²) in [4.78, 5) is 44.2. The van der Waals surface area contributed by atoms with Gasteiger partial charge in [0.15, 0.2) is 0 Å². The van der Waals surface area contributed by atoms with Crippen LogP contribution < -0.4 is 4.84 Å². The number of rotatable bonds is 7. The predicted molar refractivity (Wildman–Crippen MR) is 93.9 cm³/mol. The molecule has 1 aliphatic rings. The topological polar surface area (TPSA) is 156 Å². The number of carbonyl (C=O) groups is 3. The Labute approximate surface area is 160 Å². The molecule has 1 aromatic rings. The third-order valence-corrected chi connectivity index (χ3v) is 4.26. The van der Waals surface area contributed by atoms with Crippen LogP contribution in [0.25, 0.3) is 0 Å². The van der Waals surface area contributed by atoms with Crippen molar-refractivity contribution in [3.63, 3.8) is 0 Å². The Morgan fingerprint density at radius 2 is 1.11 bits per heavy atom. The molecule has 0 unspecified atom stereocenters. The van der Waals surface area contributed by atoms with Gasteiger partial charge in [0.1, 0.15) is 0 Å². The van der Waals surface area contributed by atoms with Gasteiger partial charge in [-0.2, -0.15) is 0 Å². The Bertz CT molecular complexity index is 659. The summed E-state index contributed by atoms with van der Waals surface area (Å²) in [6.45, 7) is 1.71. The van der Waals surface area contributed by atoms with Gasteiger partial charge < -0.3 is 25.3 Å². The molecule has 1 aliphatic heterocycles. The van der Waals surface area contributed by atoms with Gasteiger partial charge in [0.25, 0.3) is 0 Å². The lowest BCUT2D eigenvalue weighted by Gasteiger charge is -2.24. The van der Waals surface area contributed by atoms with Crippen LogP contribution in [0.2, 0.25) is 0 Å². The molecule has 1 fully saturated rings. The van der Waals surface area contributed by atoms with E-state index in [0.717, 1.165) is 12.1 Å². The highest BCUT2D eigenvalue weighted by Crippen LogP contribution is 2.18. The third-order valence-electron chi connectivity index (χ3n) is 4.26. The molecule has 0 amide bonds. The van der Waals surface area contributed by atoms with Crippen LogP contribution in [0.3, 0.4) is 0 Å². The highest BCUT2D eigenvalue weighted by molar-refractivity contribution is 5.72. The van der Waals surface area contributed by atoms with E-state index in [1.807, 2.05) is 0 Å². The first kappa shape index (κ1) is 21.5. The standard InChI is InChI=1S/C16H24N4O8/c21-12-1-2-13(22)20(12)28-16(27)11-19-7-5-17(9-14(23)24)3-4-18(6-8-19)10-15(25)26/h1-2,21-22H,3-11H2,(H,23,24)(H,25,26). The van der Waals surface area contributed by atoms with Crippen LogP contribution in [0, 0.1) is 0 Å². The highest BCUT2D eigenvalue weighted by atomic mass is 16.7. The number of carboxylic acids is 2. The molecule has 0 radical (unpaired) electrons. The van der Waals surface area contributed by atoms with E-state index in [-0.39, 0.29) is 19.6 Å². The van der Waals surface area contributed by atoms with Crippen LogP contribution >= 0.6 is 0 Å². The number of aliphatic carboxylic acids is 2. The monoisotopic (exact) mass is 400 g/mol. The third kappa shape index (κ3) is 6.72. The molecule has 28 heavy (non-hydrogen) atoms. The van der Waals surface area contributed by atoms with Crippen molar-refractivity contribution < 1.29 is 39.6 Å². The zero-order chi connectivity index (χ0) is 20.7. The summed E-state index contributed by atoms with van der Waals surface area (Å²) in [5.41, 5.74) is 0. The van der Waals surface area contributed by atoms with E-state index in [1.54, 1.807) is 14.7 Å². The number of hydrogen-bond acceptors (Lipinski definition) is 9. The van der Waals surface area contributed by atoms with E-state index < -0.39 is 29.7 Å². The molecular weight excluding hydrogens is 376 g/mol. The highest BCUT2D eigenvalue weighted by Gasteiger charge is 2.22. The van der Waals surface area contributed by atoms with Crippen molar-refractivity contribution in [2.75, 3.05) is 58.9 Å². The summed E-state index contributed by atoms with van der Waals surface area (Å²) >= 11 is 0. The average Bonchev–Trinajstić information content (AvgIpc) is 2.95. The van der Waals surface area contributed by atoms with Crippen molar-refractivity contribution in [3.8, 4) is 11.8 Å². The van der Waals surface area contributed by atoms with Gasteiger partial charge in [-0.3, -0.25) is 24.3 Å². The van der Waals surface area contributed by atoms with Crippen molar-refractivity contribution in [1.82, 2.24) is 19.4 Å². The van der Waals surface area contributed by atoms with Gasteiger partial charge in [-0.05, 0) is 0 Å². The van der Waals surface area contributed by atoms with Crippen molar-refractivity contribution in [2.24, 2.45) is 0 Å². The molecule has 0 atom stereocenters. The molecule has 12 nitrogen and oxygen atoms in total. The predicted octanol–water partition coefficient (Wildman–Crippen LogP) is -2.06. The number of aromatic hydroxyl groups is 2. The number of nitrogens with zero attached hydrogens (tertiary/aromatic N) is 4. The number of carboxylic acid groups (broad SMARTS) is 2. The first-order valence-corrected chi connectivity index (χ1v) is 8.66. The Morgan fingerprint density at radius 3 is 1.46 bits per heavy atom. The Hall–Kier alpha value is -2.83. The van der Waals surface area contributed by atoms with Crippen molar-refractivity contribution in [2.45, 2.75) is 0 Å². The fourth-order valence-electron chi connectivity index (χ4n) is 2.85. The van der Waals surface area contributed by atoms with Gasteiger partial charge in [0, 0.05) is 51.4 Å². The largest absolute Gasteiger partial charge is 0.492 e. The van der Waals surface area contributed by atoms with E-state index in [1.165, 1.54) is 0 Å². The summed E-state index contributed by atoms with van der Waals surface area (Å²) in [6, 6.07) is 2.33. The Kier molecular flexibility index (Phi) is 7.61. The van der Waals surface area contributed by atoms with Gasteiger partial charge in [-0.25, -0.2) is 4.79 Å². The van der Waals surface area contributed by atoms with Crippen LogP contribution in [0.15, 0.2) is 12.1 Å². The van der Waals surface area contributed by atoms with E-state index in [4.69, 9.17) is 15.1 Å². The summed E-state index contributed by atoms with van der Waals surface area (Å²) in [5.74, 6) is -3.59. The van der Waals surface area contributed by atoms with Crippen LogP contribution in [-0.4, -0.2) is 117 Å². The molecule has 0 aromatic carbocycles. The summed E-state index contributed by atoms with van der Waals surface area (Å²) in [6.07, 6.45) is 0. The Balaban J connectivity index is 2.01. The second-order valence-electron chi connectivity index (χ2n) is 6.42. The summed E-state index contributed by atoms with van der Waals surface area (Å²) < 4.78 is 0.589. The number of hydrogen-bond donors (Lipinski definition) is 4. The van der Waals surface area contributed by atoms with E-state index >= 15 is 0 Å². The molecular formula is C16H24N4O8. The lowest BCUT2D eigenvalue weighted by atomic mass is 10.4. The molecule has 0 spiro atoms. The molecule has 0 saturated carbocycles. The second kappa shape index (κ2) is 9.92. The van der Waals surface area contributed by atoms with Crippen molar-refractivity contribution in [1.29, 1.82) is 0 Å². The van der Waals surface area contributed by atoms with E-state index in [2.05, 4.69) is 0 Å². The maximum atomic E-state index is 12.2. The van der Waals surface area contributed by atoms with Crippen molar-refractivity contribution >= 4 is 17.9 Å². The van der Waals surface area contributed by atoms with Crippen LogP contribution in [0.1, 0.15) is 0 Å². The normalized spacial score (nSPS) is 17.4. The average molecular weight is 400 g/mol. The molecule has 2 heterocycles. The fraction of sp³-hybridized carbons (Fsp3) is 0.562. The van der Waals surface area contributed by atoms with Gasteiger partial charge in [-0.15, -0.1) is 4.73 Å². The van der Waals surface area contributed by atoms with Gasteiger partial charge in [-0.1, -0.05) is 0 Å². The summed E-state index contributed by atoms with van der Waals surface area (Å²) in [5, 5.41) is 37.1. The maximum absolute atomic E-state index is 12.2. The summed E-state index contributed by atoms with van der Waals surface area (Å²) in [7, 11) is 0. The minimum Gasteiger partial charge on any atom is -0.492 e. The molecule has 156 valence electrons. The molecule has 1 saturated heterocycles. The van der Waals surface area contributed by atoms with Crippen LogP contribution in [0.5, 0.6) is 11.8 Å². The number of carbonyl (C=O) groups excluding carboxylic acids is 1.